The van der Waals surface area contributed by atoms with E-state index in [1.165, 1.54) is 0 Å². The highest BCUT2D eigenvalue weighted by molar-refractivity contribution is 7.92. The minimum atomic E-state index is -3.74. The van der Waals surface area contributed by atoms with Crippen LogP contribution in [0.4, 0.5) is 5.69 Å². The van der Waals surface area contributed by atoms with Crippen LogP contribution in [0.5, 0.6) is 0 Å². The lowest BCUT2D eigenvalue weighted by molar-refractivity contribution is 0.595. The quantitative estimate of drug-likeness (QED) is 0.778. The lowest BCUT2D eigenvalue weighted by Gasteiger charge is -2.11. The number of anilines is 1. The van der Waals surface area contributed by atoms with E-state index in [2.05, 4.69) is 14.9 Å². The van der Waals surface area contributed by atoms with Gasteiger partial charge in [0, 0.05) is 17.8 Å². The molecule has 108 valence electrons. The molecule has 0 aliphatic heterocycles. The molecule has 0 radical (unpaired) electrons. The van der Waals surface area contributed by atoms with Gasteiger partial charge in [0.2, 0.25) is 5.03 Å². The summed E-state index contributed by atoms with van der Waals surface area (Å²) in [6.45, 7) is 3.83. The Morgan fingerprint density at radius 3 is 2.70 bits per heavy atom. The van der Waals surface area contributed by atoms with Gasteiger partial charge >= 0.3 is 0 Å². The van der Waals surface area contributed by atoms with Gasteiger partial charge in [0.25, 0.3) is 10.0 Å². The Labute approximate surface area is 118 Å². The maximum atomic E-state index is 12.4. The molecule has 0 aliphatic rings. The normalized spacial score (nSPS) is 11.6. The van der Waals surface area contributed by atoms with Gasteiger partial charge in [-0.25, -0.2) is 0 Å². The maximum Gasteiger partial charge on any atom is 0.281 e. The van der Waals surface area contributed by atoms with Crippen LogP contribution in [-0.4, -0.2) is 18.6 Å². The van der Waals surface area contributed by atoms with Gasteiger partial charge in [0.05, 0.1) is 5.69 Å². The molecule has 7 heteroatoms. The third kappa shape index (κ3) is 2.68. The number of sulfonamides is 1. The zero-order valence-corrected chi connectivity index (χ0v) is 12.3. The van der Waals surface area contributed by atoms with Crippen molar-refractivity contribution in [3.8, 4) is 0 Å². The largest absolute Gasteiger partial charge is 0.326 e. The molecule has 2 rings (SSSR count). The summed E-state index contributed by atoms with van der Waals surface area (Å²) in [5.74, 6) is 0. The van der Waals surface area contributed by atoms with E-state index in [9.17, 15) is 8.42 Å². The Kier molecular flexibility index (Phi) is 4.10. The topological polar surface area (TPSA) is 101 Å². The van der Waals surface area contributed by atoms with Crippen LogP contribution < -0.4 is 10.5 Å². The van der Waals surface area contributed by atoms with Crippen molar-refractivity contribution in [2.75, 3.05) is 4.72 Å². The number of aryl methyl sites for hydroxylation is 2. The van der Waals surface area contributed by atoms with Crippen LogP contribution in [-0.2, 0) is 23.0 Å². The summed E-state index contributed by atoms with van der Waals surface area (Å²) in [5, 5.41) is 6.48. The zero-order chi connectivity index (χ0) is 14.8. The first-order chi connectivity index (χ1) is 9.49. The Morgan fingerprint density at radius 2 is 2.05 bits per heavy atom. The van der Waals surface area contributed by atoms with Crippen LogP contribution in [0.25, 0.3) is 0 Å². The van der Waals surface area contributed by atoms with E-state index < -0.39 is 10.0 Å². The molecule has 2 aromatic rings. The molecule has 1 aromatic heterocycles. The fourth-order valence-corrected chi connectivity index (χ4v) is 3.33. The predicted octanol–water partition coefficient (Wildman–Crippen LogP) is 1.54. The molecular formula is C13H18N4O2S. The first kappa shape index (κ1) is 14.5. The molecular weight excluding hydrogens is 276 g/mol. The first-order valence-corrected chi connectivity index (χ1v) is 7.82. The molecule has 0 fully saturated rings. The second kappa shape index (κ2) is 5.64. The molecule has 0 aliphatic carbocycles. The third-order valence-corrected chi connectivity index (χ3v) is 4.47. The number of H-pyrrole nitrogens is 1. The van der Waals surface area contributed by atoms with Crippen molar-refractivity contribution in [3.05, 3.63) is 41.1 Å². The summed E-state index contributed by atoms with van der Waals surface area (Å²) in [6.07, 6.45) is 0.738. The fraction of sp³-hybridized carbons (Fsp3) is 0.308. The summed E-state index contributed by atoms with van der Waals surface area (Å²) in [5.41, 5.74) is 8.26. The highest BCUT2D eigenvalue weighted by Crippen LogP contribution is 2.22. The Hall–Kier alpha value is -1.86. The van der Waals surface area contributed by atoms with E-state index in [1.54, 1.807) is 19.1 Å². The lowest BCUT2D eigenvalue weighted by atomic mass is 10.1. The van der Waals surface area contributed by atoms with E-state index in [-0.39, 0.29) is 11.6 Å². The van der Waals surface area contributed by atoms with Gasteiger partial charge in [-0.3, -0.25) is 9.82 Å². The van der Waals surface area contributed by atoms with Crippen LogP contribution in [0.1, 0.15) is 23.7 Å². The highest BCUT2D eigenvalue weighted by Gasteiger charge is 2.23. The molecule has 1 heterocycles. The summed E-state index contributed by atoms with van der Waals surface area (Å²) in [7, 11) is -3.74. The molecule has 0 saturated heterocycles. The van der Waals surface area contributed by atoms with Crippen LogP contribution in [0, 0.1) is 6.92 Å². The van der Waals surface area contributed by atoms with Gasteiger partial charge in [-0.05, 0) is 25.0 Å². The molecule has 0 spiro atoms. The number of nitrogens with zero attached hydrogens (tertiary/aromatic N) is 1. The van der Waals surface area contributed by atoms with Crippen molar-refractivity contribution < 1.29 is 8.42 Å². The van der Waals surface area contributed by atoms with E-state index >= 15 is 0 Å². The van der Waals surface area contributed by atoms with Crippen molar-refractivity contribution in [3.63, 3.8) is 0 Å². The molecule has 20 heavy (non-hydrogen) atoms. The number of aromatic amines is 1. The monoisotopic (exact) mass is 294 g/mol. The number of rotatable bonds is 5. The number of hydrogen-bond acceptors (Lipinski definition) is 4. The summed E-state index contributed by atoms with van der Waals surface area (Å²) < 4.78 is 27.4. The van der Waals surface area contributed by atoms with Gasteiger partial charge in [-0.1, -0.05) is 25.1 Å². The van der Waals surface area contributed by atoms with Crippen LogP contribution in [0.3, 0.4) is 0 Å². The van der Waals surface area contributed by atoms with Crippen molar-refractivity contribution >= 4 is 15.7 Å². The van der Waals surface area contributed by atoms with E-state index in [0.717, 1.165) is 12.0 Å². The number of aromatic nitrogens is 2. The molecule has 4 N–H and O–H groups in total. The summed E-state index contributed by atoms with van der Waals surface area (Å²) in [4.78, 5) is 0. The Bertz CT molecular complexity index is 707. The fourth-order valence-electron chi connectivity index (χ4n) is 2.01. The Morgan fingerprint density at radius 1 is 1.35 bits per heavy atom. The van der Waals surface area contributed by atoms with Gasteiger partial charge in [0.1, 0.15) is 0 Å². The van der Waals surface area contributed by atoms with Crippen LogP contribution >= 0.6 is 0 Å². The number of benzene rings is 1. The average Bonchev–Trinajstić information content (AvgIpc) is 2.81. The van der Waals surface area contributed by atoms with Gasteiger partial charge in [-0.2, -0.15) is 13.5 Å². The molecule has 6 nitrogen and oxygen atoms in total. The standard InChI is InChI=1S/C13H18N4O2S/c1-3-10-6-4-5-7-12(10)17-20(18,19)13-11(8-14)9(2)15-16-13/h4-7,17H,3,8,14H2,1-2H3,(H,15,16). The lowest BCUT2D eigenvalue weighted by Crippen LogP contribution is -2.17. The molecule has 1 aromatic carbocycles. The minimum Gasteiger partial charge on any atom is -0.326 e. The SMILES string of the molecule is CCc1ccccc1NS(=O)(=O)c1n[nH]c(C)c1CN. The number of nitrogens with one attached hydrogen (secondary N) is 2. The van der Waals surface area contributed by atoms with Crippen molar-refractivity contribution in [2.45, 2.75) is 31.8 Å². The van der Waals surface area contributed by atoms with Crippen molar-refractivity contribution in [1.82, 2.24) is 10.2 Å². The minimum absolute atomic E-state index is 0.0385. The molecule has 0 bridgehead atoms. The third-order valence-electron chi connectivity index (χ3n) is 3.14. The summed E-state index contributed by atoms with van der Waals surface area (Å²) in [6, 6.07) is 7.28. The maximum absolute atomic E-state index is 12.4. The van der Waals surface area contributed by atoms with E-state index in [1.807, 2.05) is 19.1 Å². The molecule has 0 atom stereocenters. The van der Waals surface area contributed by atoms with Gasteiger partial charge < -0.3 is 5.73 Å². The van der Waals surface area contributed by atoms with Crippen molar-refractivity contribution in [2.24, 2.45) is 5.73 Å². The number of nitrogens with two attached hydrogens (primary N) is 1. The molecule has 0 unspecified atom stereocenters. The predicted molar refractivity (Wildman–Crippen MR) is 77.8 cm³/mol. The second-order valence-corrected chi connectivity index (χ2v) is 6.05. The second-order valence-electron chi connectivity index (χ2n) is 4.45. The zero-order valence-electron chi connectivity index (χ0n) is 11.5. The first-order valence-electron chi connectivity index (χ1n) is 6.34. The number of para-hydroxylation sites is 1. The number of hydrogen-bond donors (Lipinski definition) is 3. The highest BCUT2D eigenvalue weighted by atomic mass is 32.2. The average molecular weight is 294 g/mol. The van der Waals surface area contributed by atoms with Gasteiger partial charge in [0.15, 0.2) is 0 Å². The smallest absolute Gasteiger partial charge is 0.281 e. The van der Waals surface area contributed by atoms with Crippen LogP contribution in [0.15, 0.2) is 29.3 Å². The van der Waals surface area contributed by atoms with E-state index in [0.29, 0.717) is 16.9 Å². The van der Waals surface area contributed by atoms with Gasteiger partial charge in [-0.15, -0.1) is 0 Å². The van der Waals surface area contributed by atoms with Crippen LogP contribution in [0.2, 0.25) is 0 Å². The van der Waals surface area contributed by atoms with E-state index in [4.69, 9.17) is 5.73 Å². The van der Waals surface area contributed by atoms with Crippen molar-refractivity contribution in [1.29, 1.82) is 0 Å². The Balaban J connectivity index is 2.41. The summed E-state index contributed by atoms with van der Waals surface area (Å²) >= 11 is 0. The molecule has 0 saturated carbocycles. The molecule has 0 amide bonds.